The number of rotatable bonds is 13. The van der Waals surface area contributed by atoms with Gasteiger partial charge in [0.2, 0.25) is 17.7 Å². The third kappa shape index (κ3) is 7.42. The Balaban J connectivity index is 1.89. The highest BCUT2D eigenvalue weighted by Gasteiger charge is 2.32. The predicted molar refractivity (Wildman–Crippen MR) is 144 cm³/mol. The first kappa shape index (κ1) is 28.4. The molecule has 4 unspecified atom stereocenters. The van der Waals surface area contributed by atoms with Crippen LogP contribution in [0.5, 0.6) is 0 Å². The SMILES string of the molecule is CCC(C)C(NC(=O)C(Cc1c[nH]c2ccccc12)NC(=O)C(Cc1ccccc1)NC(=O)CN)C(=O)O. The molecular weight excluding hydrogens is 486 g/mol. The molecule has 0 aliphatic carbocycles. The first-order valence-electron chi connectivity index (χ1n) is 12.6. The number of aromatic nitrogens is 1. The highest BCUT2D eigenvalue weighted by molar-refractivity contribution is 5.94. The van der Waals surface area contributed by atoms with Crippen molar-refractivity contribution in [2.75, 3.05) is 6.54 Å². The zero-order chi connectivity index (χ0) is 27.7. The number of aliphatic carboxylic acids is 1. The molecular formula is C28H35N5O5. The average molecular weight is 522 g/mol. The Morgan fingerprint density at radius 3 is 2.18 bits per heavy atom. The Labute approximate surface area is 221 Å². The van der Waals surface area contributed by atoms with Crippen LogP contribution in [0, 0.1) is 5.92 Å². The number of carbonyl (C=O) groups excluding carboxylic acids is 3. The molecule has 0 aliphatic heterocycles. The van der Waals surface area contributed by atoms with Crippen molar-refractivity contribution in [3.05, 3.63) is 71.9 Å². The molecule has 0 saturated heterocycles. The lowest BCUT2D eigenvalue weighted by Gasteiger charge is -2.26. The van der Waals surface area contributed by atoms with Gasteiger partial charge in [-0.15, -0.1) is 0 Å². The fourth-order valence-corrected chi connectivity index (χ4v) is 4.25. The number of carboxylic acids is 1. The largest absolute Gasteiger partial charge is 0.480 e. The van der Waals surface area contributed by atoms with Crippen LogP contribution in [0.25, 0.3) is 10.9 Å². The second-order valence-corrected chi connectivity index (χ2v) is 9.35. The second-order valence-electron chi connectivity index (χ2n) is 9.35. The number of H-pyrrole nitrogens is 1. The van der Waals surface area contributed by atoms with E-state index in [1.807, 2.05) is 61.5 Å². The van der Waals surface area contributed by atoms with E-state index in [1.54, 1.807) is 13.1 Å². The van der Waals surface area contributed by atoms with Crippen molar-refractivity contribution in [2.24, 2.45) is 11.7 Å². The maximum atomic E-state index is 13.4. The third-order valence-corrected chi connectivity index (χ3v) is 6.63. The van der Waals surface area contributed by atoms with E-state index >= 15 is 0 Å². The summed E-state index contributed by atoms with van der Waals surface area (Å²) in [5, 5.41) is 18.6. The lowest BCUT2D eigenvalue weighted by atomic mass is 9.97. The van der Waals surface area contributed by atoms with Crippen LogP contribution in [0.3, 0.4) is 0 Å². The number of aromatic amines is 1. The Kier molecular flexibility index (Phi) is 10.0. The highest BCUT2D eigenvalue weighted by Crippen LogP contribution is 2.20. The van der Waals surface area contributed by atoms with Crippen molar-refractivity contribution in [3.63, 3.8) is 0 Å². The van der Waals surface area contributed by atoms with Crippen molar-refractivity contribution in [1.29, 1.82) is 0 Å². The summed E-state index contributed by atoms with van der Waals surface area (Å²) in [5.74, 6) is -3.19. The molecule has 3 rings (SSSR count). The van der Waals surface area contributed by atoms with Gasteiger partial charge in [0.05, 0.1) is 6.54 Å². The van der Waals surface area contributed by atoms with E-state index in [4.69, 9.17) is 5.73 Å². The Bertz CT molecular complexity index is 1260. The maximum absolute atomic E-state index is 13.4. The number of hydrogen-bond donors (Lipinski definition) is 6. The van der Waals surface area contributed by atoms with E-state index in [1.165, 1.54) is 0 Å². The normalized spacial score (nSPS) is 14.2. The summed E-state index contributed by atoms with van der Waals surface area (Å²) in [6.07, 6.45) is 2.60. The summed E-state index contributed by atoms with van der Waals surface area (Å²) >= 11 is 0. The molecule has 1 aromatic heterocycles. The van der Waals surface area contributed by atoms with Crippen LogP contribution in [-0.4, -0.2) is 58.5 Å². The van der Waals surface area contributed by atoms with Gasteiger partial charge < -0.3 is 31.8 Å². The van der Waals surface area contributed by atoms with Gasteiger partial charge in [0, 0.05) is 29.9 Å². The number of fused-ring (bicyclic) bond motifs is 1. The topological polar surface area (TPSA) is 166 Å². The summed E-state index contributed by atoms with van der Waals surface area (Å²) in [4.78, 5) is 54.0. The van der Waals surface area contributed by atoms with Crippen molar-refractivity contribution >= 4 is 34.6 Å². The fraction of sp³-hybridized carbons (Fsp3) is 0.357. The van der Waals surface area contributed by atoms with Gasteiger partial charge in [-0.25, -0.2) is 4.79 Å². The number of para-hydroxylation sites is 1. The molecule has 1 heterocycles. The van der Waals surface area contributed by atoms with Gasteiger partial charge in [0.1, 0.15) is 18.1 Å². The van der Waals surface area contributed by atoms with Crippen LogP contribution < -0.4 is 21.7 Å². The molecule has 0 spiro atoms. The van der Waals surface area contributed by atoms with Crippen molar-refractivity contribution in [2.45, 2.75) is 51.2 Å². The van der Waals surface area contributed by atoms with Crippen molar-refractivity contribution < 1.29 is 24.3 Å². The van der Waals surface area contributed by atoms with Gasteiger partial charge in [0.15, 0.2) is 0 Å². The van der Waals surface area contributed by atoms with Crippen molar-refractivity contribution in [1.82, 2.24) is 20.9 Å². The summed E-state index contributed by atoms with van der Waals surface area (Å²) in [7, 11) is 0. The third-order valence-electron chi connectivity index (χ3n) is 6.63. The van der Waals surface area contributed by atoms with Crippen LogP contribution in [0.1, 0.15) is 31.4 Å². The number of nitrogens with one attached hydrogen (secondary N) is 4. The molecule has 0 radical (unpaired) electrons. The molecule has 0 fully saturated rings. The first-order chi connectivity index (χ1) is 18.2. The molecule has 7 N–H and O–H groups in total. The molecule has 3 aromatic rings. The van der Waals surface area contributed by atoms with Crippen molar-refractivity contribution in [3.8, 4) is 0 Å². The number of carboxylic acid groups (broad SMARTS) is 1. The monoisotopic (exact) mass is 521 g/mol. The van der Waals surface area contributed by atoms with Crippen LogP contribution in [0.15, 0.2) is 60.8 Å². The molecule has 0 saturated carbocycles. The van der Waals surface area contributed by atoms with Gasteiger partial charge in [-0.05, 0) is 23.1 Å². The summed E-state index contributed by atoms with van der Waals surface area (Å²) < 4.78 is 0. The summed E-state index contributed by atoms with van der Waals surface area (Å²) in [5.41, 5.74) is 7.92. The molecule has 10 nitrogen and oxygen atoms in total. The molecule has 202 valence electrons. The van der Waals surface area contributed by atoms with E-state index in [0.29, 0.717) is 6.42 Å². The molecule has 10 heteroatoms. The first-order valence-corrected chi connectivity index (χ1v) is 12.6. The van der Waals surface area contributed by atoms with E-state index in [0.717, 1.165) is 22.0 Å². The number of benzene rings is 2. The van der Waals surface area contributed by atoms with Gasteiger partial charge in [-0.3, -0.25) is 14.4 Å². The van der Waals surface area contributed by atoms with E-state index in [-0.39, 0.29) is 25.3 Å². The van der Waals surface area contributed by atoms with Gasteiger partial charge in [0.25, 0.3) is 0 Å². The summed E-state index contributed by atoms with van der Waals surface area (Å²) in [6.45, 7) is 3.28. The quantitative estimate of drug-likeness (QED) is 0.199. The van der Waals surface area contributed by atoms with Gasteiger partial charge >= 0.3 is 5.97 Å². The smallest absolute Gasteiger partial charge is 0.326 e. The zero-order valence-electron chi connectivity index (χ0n) is 21.6. The van der Waals surface area contributed by atoms with E-state index in [2.05, 4.69) is 20.9 Å². The molecule has 0 bridgehead atoms. The highest BCUT2D eigenvalue weighted by atomic mass is 16.4. The minimum absolute atomic E-state index is 0.108. The second kappa shape index (κ2) is 13.4. The zero-order valence-corrected chi connectivity index (χ0v) is 21.6. The minimum atomic E-state index is -1.15. The lowest BCUT2D eigenvalue weighted by molar-refractivity contribution is -0.143. The van der Waals surface area contributed by atoms with E-state index in [9.17, 15) is 24.3 Å². The number of hydrogen-bond acceptors (Lipinski definition) is 5. The molecule has 38 heavy (non-hydrogen) atoms. The molecule has 2 aromatic carbocycles. The summed E-state index contributed by atoms with van der Waals surface area (Å²) in [6, 6.07) is 13.5. The minimum Gasteiger partial charge on any atom is -0.480 e. The Morgan fingerprint density at radius 1 is 0.895 bits per heavy atom. The van der Waals surface area contributed by atoms with Crippen LogP contribution in [-0.2, 0) is 32.0 Å². The molecule has 3 amide bonds. The standard InChI is InChI=1S/C28H35N5O5/c1-3-17(2)25(28(37)38)33-27(36)23(14-19-16-30-21-12-8-7-11-20(19)21)32-26(35)22(31-24(34)15-29)13-18-9-5-4-6-10-18/h4-12,16-17,22-23,25,30H,3,13-15,29H2,1-2H3,(H,31,34)(H,32,35)(H,33,36)(H,37,38). The number of nitrogens with two attached hydrogens (primary N) is 1. The average Bonchev–Trinajstić information content (AvgIpc) is 3.33. The maximum Gasteiger partial charge on any atom is 0.326 e. The molecule has 4 atom stereocenters. The predicted octanol–water partition coefficient (Wildman–Crippen LogP) is 1.50. The number of carbonyl (C=O) groups is 4. The van der Waals surface area contributed by atoms with Crippen LogP contribution in [0.2, 0.25) is 0 Å². The molecule has 0 aliphatic rings. The fourth-order valence-electron chi connectivity index (χ4n) is 4.25. The Hall–Kier alpha value is -4.18. The van der Waals surface area contributed by atoms with Gasteiger partial charge in [-0.2, -0.15) is 0 Å². The van der Waals surface area contributed by atoms with Crippen LogP contribution in [0.4, 0.5) is 0 Å². The Morgan fingerprint density at radius 2 is 1.53 bits per heavy atom. The van der Waals surface area contributed by atoms with Crippen LogP contribution >= 0.6 is 0 Å². The lowest BCUT2D eigenvalue weighted by Crippen LogP contribution is -2.58. The van der Waals surface area contributed by atoms with Gasteiger partial charge in [-0.1, -0.05) is 68.8 Å². The van der Waals surface area contributed by atoms with E-state index < -0.39 is 41.8 Å². The number of amides is 3.